The molecule has 5 heteroatoms. The van der Waals surface area contributed by atoms with E-state index in [0.717, 1.165) is 57.7 Å². The topological polar surface area (TPSA) is 55.8 Å². The number of carbonyl (C=O) groups is 2. The molecule has 0 aromatic heterocycles. The molecule has 146 valence electrons. The number of hydrogen-bond acceptors (Lipinski definition) is 5. The lowest BCUT2D eigenvalue weighted by molar-refractivity contribution is -0.278. The average molecular weight is 356 g/mol. The zero-order valence-corrected chi connectivity index (χ0v) is 16.8. The number of ether oxygens (including phenoxy) is 1. The van der Waals surface area contributed by atoms with Gasteiger partial charge in [0.25, 0.3) is 0 Å². The van der Waals surface area contributed by atoms with Crippen LogP contribution in [0, 0.1) is 0 Å². The fraction of sp³-hybridized carbons (Fsp3) is 0.900. The number of piperidine rings is 1. The molecular formula is C20H37NO4. The van der Waals surface area contributed by atoms with Crippen LogP contribution in [0.1, 0.15) is 91.9 Å². The van der Waals surface area contributed by atoms with Crippen LogP contribution in [0.3, 0.4) is 0 Å². The Morgan fingerprint density at radius 2 is 1.52 bits per heavy atom. The van der Waals surface area contributed by atoms with Crippen LogP contribution >= 0.6 is 0 Å². The van der Waals surface area contributed by atoms with Gasteiger partial charge in [-0.3, -0.25) is 4.79 Å². The lowest BCUT2D eigenvalue weighted by Crippen LogP contribution is -2.61. The maximum absolute atomic E-state index is 12.2. The van der Waals surface area contributed by atoms with Gasteiger partial charge in [0.1, 0.15) is 12.4 Å². The largest absolute Gasteiger partial charge is 0.462 e. The van der Waals surface area contributed by atoms with Crippen molar-refractivity contribution < 1.29 is 19.2 Å². The van der Waals surface area contributed by atoms with E-state index in [4.69, 9.17) is 9.57 Å². The molecule has 0 aromatic carbocycles. The SMILES string of the molecule is CON1C(C)(C)CC(OC(=O)CCCCCCCCC=O)CC1(C)C. The van der Waals surface area contributed by atoms with Crippen molar-refractivity contribution in [2.45, 2.75) is 109 Å². The van der Waals surface area contributed by atoms with Crippen molar-refractivity contribution in [1.82, 2.24) is 5.06 Å². The highest BCUT2D eigenvalue weighted by Gasteiger charge is 2.47. The van der Waals surface area contributed by atoms with E-state index in [1.807, 2.05) is 5.06 Å². The van der Waals surface area contributed by atoms with E-state index in [2.05, 4.69) is 27.7 Å². The van der Waals surface area contributed by atoms with Gasteiger partial charge < -0.3 is 14.4 Å². The third kappa shape index (κ3) is 7.45. The number of carbonyl (C=O) groups excluding carboxylic acids is 2. The van der Waals surface area contributed by atoms with Gasteiger partial charge in [0, 0.05) is 36.8 Å². The Balaban J connectivity index is 2.27. The number of nitrogens with zero attached hydrogens (tertiary/aromatic N) is 1. The molecule has 0 aliphatic carbocycles. The minimum absolute atomic E-state index is 0.0489. The molecule has 0 aromatic rings. The molecule has 0 spiro atoms. The van der Waals surface area contributed by atoms with Gasteiger partial charge in [-0.15, -0.1) is 0 Å². The van der Waals surface area contributed by atoms with Crippen molar-refractivity contribution in [3.63, 3.8) is 0 Å². The van der Waals surface area contributed by atoms with E-state index in [0.29, 0.717) is 12.8 Å². The summed E-state index contributed by atoms with van der Waals surface area (Å²) in [6.07, 6.45) is 9.95. The van der Waals surface area contributed by atoms with Crippen molar-refractivity contribution in [3.05, 3.63) is 0 Å². The molecule has 0 saturated carbocycles. The highest BCUT2D eigenvalue weighted by Crippen LogP contribution is 2.39. The normalized spacial score (nSPS) is 20.4. The maximum atomic E-state index is 12.2. The second kappa shape index (κ2) is 10.3. The monoisotopic (exact) mass is 355 g/mol. The lowest BCUT2D eigenvalue weighted by atomic mass is 9.80. The number of hydroxylamine groups is 2. The van der Waals surface area contributed by atoms with Crippen LogP contribution in [0.25, 0.3) is 0 Å². The highest BCUT2D eigenvalue weighted by molar-refractivity contribution is 5.69. The molecule has 0 radical (unpaired) electrons. The van der Waals surface area contributed by atoms with Gasteiger partial charge in [0.2, 0.25) is 0 Å². The Morgan fingerprint density at radius 3 is 2.04 bits per heavy atom. The summed E-state index contributed by atoms with van der Waals surface area (Å²) in [7, 11) is 1.70. The predicted molar refractivity (Wildman–Crippen MR) is 99.1 cm³/mol. The van der Waals surface area contributed by atoms with Gasteiger partial charge in [0.15, 0.2) is 0 Å². The first-order chi connectivity index (χ1) is 11.7. The van der Waals surface area contributed by atoms with E-state index in [1.165, 1.54) is 0 Å². The number of rotatable bonds is 11. The summed E-state index contributed by atoms with van der Waals surface area (Å²) in [4.78, 5) is 28.0. The van der Waals surface area contributed by atoms with Gasteiger partial charge >= 0.3 is 5.97 Å². The van der Waals surface area contributed by atoms with Crippen molar-refractivity contribution in [2.24, 2.45) is 0 Å². The number of hydrogen-bond donors (Lipinski definition) is 0. The fourth-order valence-corrected chi connectivity index (χ4v) is 4.20. The third-order valence-corrected chi connectivity index (χ3v) is 4.99. The molecule has 1 heterocycles. The lowest BCUT2D eigenvalue weighted by Gasteiger charge is -2.52. The van der Waals surface area contributed by atoms with E-state index in [-0.39, 0.29) is 23.2 Å². The Labute approximate surface area is 153 Å². The van der Waals surface area contributed by atoms with Crippen molar-refractivity contribution in [2.75, 3.05) is 7.11 Å². The first-order valence-corrected chi connectivity index (χ1v) is 9.70. The summed E-state index contributed by atoms with van der Waals surface area (Å²) in [5.41, 5.74) is -0.327. The second-order valence-corrected chi connectivity index (χ2v) is 8.45. The van der Waals surface area contributed by atoms with Crippen LogP contribution in [-0.2, 0) is 19.2 Å². The Hall–Kier alpha value is -0.940. The van der Waals surface area contributed by atoms with Gasteiger partial charge in [-0.25, -0.2) is 0 Å². The molecule has 1 rings (SSSR count). The van der Waals surface area contributed by atoms with Crippen LogP contribution in [0.15, 0.2) is 0 Å². The first-order valence-electron chi connectivity index (χ1n) is 9.70. The van der Waals surface area contributed by atoms with E-state index in [1.54, 1.807) is 7.11 Å². The number of esters is 1. The van der Waals surface area contributed by atoms with Crippen LogP contribution < -0.4 is 0 Å². The highest BCUT2D eigenvalue weighted by atomic mass is 16.7. The number of aldehydes is 1. The molecule has 1 aliphatic rings. The van der Waals surface area contributed by atoms with Gasteiger partial charge in [-0.1, -0.05) is 25.7 Å². The van der Waals surface area contributed by atoms with Crippen LogP contribution in [-0.4, -0.2) is 41.6 Å². The summed E-state index contributed by atoms with van der Waals surface area (Å²) < 4.78 is 5.76. The van der Waals surface area contributed by atoms with Crippen LogP contribution in [0.4, 0.5) is 0 Å². The first kappa shape index (κ1) is 22.1. The van der Waals surface area contributed by atoms with E-state index < -0.39 is 0 Å². The molecule has 0 N–H and O–H groups in total. The smallest absolute Gasteiger partial charge is 0.306 e. The van der Waals surface area contributed by atoms with Crippen molar-refractivity contribution >= 4 is 12.3 Å². The summed E-state index contributed by atoms with van der Waals surface area (Å²) in [6.45, 7) is 8.51. The minimum atomic E-state index is -0.164. The minimum Gasteiger partial charge on any atom is -0.462 e. The predicted octanol–water partition coefficient (Wildman–Crippen LogP) is 4.43. The van der Waals surface area contributed by atoms with Crippen molar-refractivity contribution in [1.29, 1.82) is 0 Å². The zero-order chi connectivity index (χ0) is 18.9. The Morgan fingerprint density at radius 1 is 1.00 bits per heavy atom. The molecule has 25 heavy (non-hydrogen) atoms. The molecule has 0 amide bonds. The van der Waals surface area contributed by atoms with Crippen LogP contribution in [0.5, 0.6) is 0 Å². The van der Waals surface area contributed by atoms with E-state index >= 15 is 0 Å². The molecular weight excluding hydrogens is 318 g/mol. The standard InChI is InChI=1S/C20H37NO4/c1-19(2)15-17(16-20(3,4)21(19)24-5)25-18(23)13-11-9-7-6-8-10-12-14-22/h14,17H,6-13,15-16H2,1-5H3. The molecule has 1 fully saturated rings. The molecule has 0 atom stereocenters. The molecule has 0 bridgehead atoms. The summed E-state index contributed by atoms with van der Waals surface area (Å²) >= 11 is 0. The summed E-state index contributed by atoms with van der Waals surface area (Å²) in [5, 5.41) is 2.02. The molecule has 5 nitrogen and oxygen atoms in total. The van der Waals surface area contributed by atoms with Crippen molar-refractivity contribution in [3.8, 4) is 0 Å². The van der Waals surface area contributed by atoms with Gasteiger partial charge in [-0.2, -0.15) is 5.06 Å². The number of unbranched alkanes of at least 4 members (excludes halogenated alkanes) is 6. The maximum Gasteiger partial charge on any atom is 0.306 e. The third-order valence-electron chi connectivity index (χ3n) is 4.99. The van der Waals surface area contributed by atoms with Crippen LogP contribution in [0.2, 0.25) is 0 Å². The molecule has 1 aliphatic heterocycles. The van der Waals surface area contributed by atoms with Gasteiger partial charge in [-0.05, 0) is 40.5 Å². The zero-order valence-electron chi connectivity index (χ0n) is 16.8. The fourth-order valence-electron chi connectivity index (χ4n) is 4.20. The Bertz CT molecular complexity index is 402. The summed E-state index contributed by atoms with van der Waals surface area (Å²) in [6, 6.07) is 0. The van der Waals surface area contributed by atoms with E-state index in [9.17, 15) is 9.59 Å². The summed E-state index contributed by atoms with van der Waals surface area (Å²) in [5.74, 6) is -0.0802. The Kier molecular flexibility index (Phi) is 9.08. The molecule has 1 saturated heterocycles. The molecule has 0 unspecified atom stereocenters. The second-order valence-electron chi connectivity index (χ2n) is 8.45. The van der Waals surface area contributed by atoms with Gasteiger partial charge in [0.05, 0.1) is 7.11 Å². The quantitative estimate of drug-likeness (QED) is 0.312. The average Bonchev–Trinajstić information content (AvgIpc) is 2.47.